The average Bonchev–Trinajstić information content (AvgIpc) is 3.28. The van der Waals surface area contributed by atoms with Gasteiger partial charge in [-0.05, 0) is 44.7 Å². The molecule has 0 spiro atoms. The van der Waals surface area contributed by atoms with Gasteiger partial charge in [0, 0.05) is 38.1 Å². The number of methoxy groups -OCH3 is 1. The Balaban J connectivity index is 1.28. The van der Waals surface area contributed by atoms with Gasteiger partial charge >= 0.3 is 0 Å². The number of rotatable bonds is 4. The van der Waals surface area contributed by atoms with E-state index in [4.69, 9.17) is 21.2 Å². The first kappa shape index (κ1) is 22.0. The number of aromatic nitrogens is 3. The Labute approximate surface area is 196 Å². The number of amides is 1. The van der Waals surface area contributed by atoms with E-state index in [1.54, 1.807) is 13.3 Å². The second-order valence-electron chi connectivity index (χ2n) is 9.28. The summed E-state index contributed by atoms with van der Waals surface area (Å²) in [6, 6.07) is 4.20. The fraction of sp³-hybridized carbons (Fsp3) is 0.478. The number of fused-ring (bicyclic) bond motifs is 2. The Bertz CT molecular complexity index is 1220. The van der Waals surface area contributed by atoms with Crippen molar-refractivity contribution in [2.45, 2.75) is 50.8 Å². The molecule has 1 fully saturated rings. The fourth-order valence-electron chi connectivity index (χ4n) is 4.81. The topological polar surface area (TPSA) is 132 Å². The summed E-state index contributed by atoms with van der Waals surface area (Å²) in [7, 11) is 1.70. The Morgan fingerprint density at radius 3 is 2.94 bits per heavy atom. The Morgan fingerprint density at radius 2 is 2.18 bits per heavy atom. The van der Waals surface area contributed by atoms with E-state index in [0.29, 0.717) is 22.9 Å². The first-order valence-electron chi connectivity index (χ1n) is 11.1. The fourth-order valence-corrected chi connectivity index (χ4v) is 5.82. The lowest BCUT2D eigenvalue weighted by Gasteiger charge is -2.27. The Kier molecular flexibility index (Phi) is 5.46. The summed E-state index contributed by atoms with van der Waals surface area (Å²) in [6.07, 6.45) is 4.04. The Hall–Kier alpha value is -2.82. The molecule has 5 N–H and O–H groups in total. The standard InChI is InChI=1S/C23H29N7O2S/c1-12-26-9-15-19(24)20(33-22(15)27-12)21(31)28-14-5-6-16-13(8-14)4-7-18(29-16)30-10-17(32-3)23(2,25)11-30/h4,7,9,14,17H,5-6,8,10-11,24-25H2,1-3H3,(H,28,31). The SMILES string of the molecule is COC1CN(c2ccc3c(n2)CCC(NC(=O)c2sc4nc(C)ncc4c2N)C3)CC1(C)N. The highest BCUT2D eigenvalue weighted by atomic mass is 32.1. The molecule has 5 rings (SSSR count). The Morgan fingerprint density at radius 1 is 1.36 bits per heavy atom. The van der Waals surface area contributed by atoms with Crippen molar-refractivity contribution < 1.29 is 9.53 Å². The van der Waals surface area contributed by atoms with Gasteiger partial charge in [0.25, 0.3) is 5.91 Å². The summed E-state index contributed by atoms with van der Waals surface area (Å²) in [6.45, 7) is 5.27. The number of pyridine rings is 1. The molecule has 0 radical (unpaired) electrons. The van der Waals surface area contributed by atoms with Crippen LogP contribution in [0.1, 0.15) is 40.1 Å². The van der Waals surface area contributed by atoms with Crippen molar-refractivity contribution in [2.24, 2.45) is 5.73 Å². The van der Waals surface area contributed by atoms with Crippen LogP contribution in [0.25, 0.3) is 10.2 Å². The van der Waals surface area contributed by atoms with Crippen LogP contribution in [0.5, 0.6) is 0 Å². The maximum atomic E-state index is 13.0. The van der Waals surface area contributed by atoms with Gasteiger partial charge < -0.3 is 26.4 Å². The molecule has 3 unspecified atom stereocenters. The van der Waals surface area contributed by atoms with Crippen LogP contribution in [0.15, 0.2) is 18.3 Å². The molecule has 1 aliphatic heterocycles. The number of hydrogen-bond acceptors (Lipinski definition) is 9. The molecule has 1 saturated heterocycles. The summed E-state index contributed by atoms with van der Waals surface area (Å²) in [5, 5.41) is 3.89. The summed E-state index contributed by atoms with van der Waals surface area (Å²) in [5.41, 5.74) is 14.9. The van der Waals surface area contributed by atoms with E-state index in [0.717, 1.165) is 47.5 Å². The van der Waals surface area contributed by atoms with E-state index in [2.05, 4.69) is 26.3 Å². The van der Waals surface area contributed by atoms with E-state index < -0.39 is 5.54 Å². The molecule has 10 heteroatoms. The van der Waals surface area contributed by atoms with E-state index in [-0.39, 0.29) is 18.1 Å². The van der Waals surface area contributed by atoms with E-state index in [9.17, 15) is 4.79 Å². The maximum absolute atomic E-state index is 13.0. The molecule has 174 valence electrons. The maximum Gasteiger partial charge on any atom is 0.263 e. The molecule has 33 heavy (non-hydrogen) atoms. The van der Waals surface area contributed by atoms with Crippen LogP contribution in [0.2, 0.25) is 0 Å². The molecule has 0 aromatic carbocycles. The van der Waals surface area contributed by atoms with Crippen molar-refractivity contribution >= 4 is 39.0 Å². The van der Waals surface area contributed by atoms with E-state index >= 15 is 0 Å². The largest absolute Gasteiger partial charge is 0.397 e. The van der Waals surface area contributed by atoms with Crippen LogP contribution in [-0.4, -0.2) is 58.7 Å². The number of hydrogen-bond donors (Lipinski definition) is 3. The molecule has 0 bridgehead atoms. The highest BCUT2D eigenvalue weighted by molar-refractivity contribution is 7.21. The first-order valence-corrected chi connectivity index (χ1v) is 11.9. The molecule has 1 amide bonds. The first-order chi connectivity index (χ1) is 15.7. The third-order valence-corrected chi connectivity index (χ3v) is 7.77. The lowest BCUT2D eigenvalue weighted by Crippen LogP contribution is -2.48. The van der Waals surface area contributed by atoms with Gasteiger partial charge in [0.2, 0.25) is 0 Å². The number of anilines is 2. The average molecular weight is 468 g/mol. The van der Waals surface area contributed by atoms with Gasteiger partial charge in [-0.15, -0.1) is 11.3 Å². The summed E-state index contributed by atoms with van der Waals surface area (Å²) < 4.78 is 5.56. The van der Waals surface area contributed by atoms with E-state index in [1.807, 2.05) is 19.9 Å². The highest BCUT2D eigenvalue weighted by Gasteiger charge is 2.41. The lowest BCUT2D eigenvalue weighted by atomic mass is 9.91. The number of ether oxygens (including phenoxy) is 1. The summed E-state index contributed by atoms with van der Waals surface area (Å²) >= 11 is 1.31. The van der Waals surface area contributed by atoms with Crippen molar-refractivity contribution in [2.75, 3.05) is 30.8 Å². The smallest absolute Gasteiger partial charge is 0.263 e. The third-order valence-electron chi connectivity index (χ3n) is 6.66. The van der Waals surface area contributed by atoms with Crippen LogP contribution < -0.4 is 21.7 Å². The predicted octanol–water partition coefficient (Wildman–Crippen LogP) is 1.82. The number of nitrogens with zero attached hydrogens (tertiary/aromatic N) is 4. The van der Waals surface area contributed by atoms with Crippen molar-refractivity contribution in [3.8, 4) is 0 Å². The van der Waals surface area contributed by atoms with Crippen LogP contribution in [0, 0.1) is 6.92 Å². The zero-order chi connectivity index (χ0) is 23.3. The minimum atomic E-state index is -0.402. The molecule has 9 nitrogen and oxygen atoms in total. The lowest BCUT2D eigenvalue weighted by molar-refractivity contribution is 0.0751. The number of thiophene rings is 1. The molecule has 1 aliphatic carbocycles. The van der Waals surface area contributed by atoms with Gasteiger partial charge in [-0.2, -0.15) is 0 Å². The number of carbonyl (C=O) groups is 1. The van der Waals surface area contributed by atoms with E-state index in [1.165, 1.54) is 16.9 Å². The van der Waals surface area contributed by atoms with Gasteiger partial charge in [-0.3, -0.25) is 4.79 Å². The van der Waals surface area contributed by atoms with Crippen molar-refractivity contribution in [3.63, 3.8) is 0 Å². The zero-order valence-corrected chi connectivity index (χ0v) is 19.9. The molecule has 2 aliphatic rings. The monoisotopic (exact) mass is 467 g/mol. The molecular weight excluding hydrogens is 438 g/mol. The van der Waals surface area contributed by atoms with Crippen LogP contribution in [0.3, 0.4) is 0 Å². The van der Waals surface area contributed by atoms with Gasteiger partial charge in [0.1, 0.15) is 21.3 Å². The molecular formula is C23H29N7O2S. The summed E-state index contributed by atoms with van der Waals surface area (Å²) in [4.78, 5) is 29.9. The van der Waals surface area contributed by atoms with Crippen LogP contribution in [-0.2, 0) is 17.6 Å². The molecule has 0 saturated carbocycles. The highest BCUT2D eigenvalue weighted by Crippen LogP contribution is 2.33. The summed E-state index contributed by atoms with van der Waals surface area (Å²) in [5.74, 6) is 1.44. The number of nitrogens with two attached hydrogens (primary N) is 2. The van der Waals surface area contributed by atoms with Gasteiger partial charge in [-0.1, -0.05) is 6.07 Å². The van der Waals surface area contributed by atoms with Gasteiger partial charge in [0.15, 0.2) is 0 Å². The number of aryl methyl sites for hydroxylation is 2. The molecule has 3 aromatic rings. The second-order valence-corrected chi connectivity index (χ2v) is 10.3. The molecule has 4 heterocycles. The quantitative estimate of drug-likeness (QED) is 0.529. The normalized spacial score (nSPS) is 24.8. The predicted molar refractivity (Wildman–Crippen MR) is 130 cm³/mol. The third kappa shape index (κ3) is 4.03. The van der Waals surface area contributed by atoms with Crippen molar-refractivity contribution in [1.82, 2.24) is 20.3 Å². The number of carbonyl (C=O) groups excluding carboxylic acids is 1. The molecule has 3 aromatic heterocycles. The number of nitrogen functional groups attached to an aromatic ring is 1. The van der Waals surface area contributed by atoms with Gasteiger partial charge in [0.05, 0.1) is 22.7 Å². The van der Waals surface area contributed by atoms with Gasteiger partial charge in [-0.25, -0.2) is 15.0 Å². The second kappa shape index (κ2) is 8.19. The molecule has 3 atom stereocenters. The number of nitrogens with one attached hydrogen (secondary N) is 1. The van der Waals surface area contributed by atoms with Crippen molar-refractivity contribution in [3.05, 3.63) is 40.3 Å². The minimum absolute atomic E-state index is 0.0221. The van der Waals surface area contributed by atoms with Crippen molar-refractivity contribution in [1.29, 1.82) is 0 Å². The van der Waals surface area contributed by atoms with Crippen LogP contribution in [0.4, 0.5) is 11.5 Å². The van der Waals surface area contributed by atoms with Crippen LogP contribution >= 0.6 is 11.3 Å². The zero-order valence-electron chi connectivity index (χ0n) is 19.1. The minimum Gasteiger partial charge on any atom is -0.397 e.